The normalized spacial score (nSPS) is 15.0. The van der Waals surface area contributed by atoms with Gasteiger partial charge in [0, 0.05) is 41.8 Å². The number of aromatic nitrogens is 1. The third-order valence-corrected chi connectivity index (χ3v) is 6.41. The standard InChI is InChI=1S/C21H21Cl2N3O2S/c1-14-11-17(23)13-18-19(14)24-21(29-18)26(6-5-25-7-9-28-10-8-25)20(27)15-3-2-4-16(22)12-15/h2-4,11-13H,5-10H2,1H3. The lowest BCUT2D eigenvalue weighted by Gasteiger charge is -2.29. The summed E-state index contributed by atoms with van der Waals surface area (Å²) in [6.45, 7) is 6.46. The Hall–Kier alpha value is -1.70. The lowest BCUT2D eigenvalue weighted by Crippen LogP contribution is -2.43. The number of morpholine rings is 1. The highest BCUT2D eigenvalue weighted by atomic mass is 35.5. The number of aryl methyl sites for hydroxylation is 1. The minimum absolute atomic E-state index is 0.108. The Kier molecular flexibility index (Phi) is 6.37. The van der Waals surface area contributed by atoms with E-state index < -0.39 is 0 Å². The Morgan fingerprint density at radius 1 is 1.21 bits per heavy atom. The molecule has 3 aromatic rings. The fourth-order valence-electron chi connectivity index (χ4n) is 3.39. The van der Waals surface area contributed by atoms with Gasteiger partial charge in [0.15, 0.2) is 5.13 Å². The molecule has 1 aromatic heterocycles. The number of ether oxygens (including phenoxy) is 1. The minimum atomic E-state index is -0.108. The number of carbonyl (C=O) groups is 1. The lowest BCUT2D eigenvalue weighted by molar-refractivity contribution is 0.0391. The predicted molar refractivity (Wildman–Crippen MR) is 120 cm³/mol. The van der Waals surface area contributed by atoms with Crippen LogP contribution >= 0.6 is 34.5 Å². The molecule has 0 radical (unpaired) electrons. The quantitative estimate of drug-likeness (QED) is 0.555. The van der Waals surface area contributed by atoms with E-state index in [2.05, 4.69) is 4.90 Å². The number of thiazole rings is 1. The van der Waals surface area contributed by atoms with Gasteiger partial charge in [-0.15, -0.1) is 0 Å². The zero-order chi connectivity index (χ0) is 20.4. The van der Waals surface area contributed by atoms with Crippen LogP contribution in [0.3, 0.4) is 0 Å². The van der Waals surface area contributed by atoms with Crippen LogP contribution in [0.2, 0.25) is 10.0 Å². The van der Waals surface area contributed by atoms with Crippen LogP contribution in [-0.4, -0.2) is 55.2 Å². The zero-order valence-corrected chi connectivity index (χ0v) is 18.4. The topological polar surface area (TPSA) is 45.7 Å². The number of anilines is 1. The van der Waals surface area contributed by atoms with Crippen molar-refractivity contribution in [2.24, 2.45) is 0 Å². The van der Waals surface area contributed by atoms with Crippen molar-refractivity contribution in [2.45, 2.75) is 6.92 Å². The van der Waals surface area contributed by atoms with E-state index in [-0.39, 0.29) is 5.91 Å². The molecule has 1 aliphatic rings. The molecule has 0 aliphatic carbocycles. The first kappa shape index (κ1) is 20.6. The first-order chi connectivity index (χ1) is 14.0. The molecule has 1 amide bonds. The van der Waals surface area contributed by atoms with E-state index in [1.165, 1.54) is 11.3 Å². The number of carbonyl (C=O) groups excluding carboxylic acids is 1. The van der Waals surface area contributed by atoms with E-state index in [0.29, 0.717) is 27.3 Å². The molecule has 0 N–H and O–H groups in total. The second kappa shape index (κ2) is 8.98. The second-order valence-electron chi connectivity index (χ2n) is 6.99. The van der Waals surface area contributed by atoms with Crippen LogP contribution in [-0.2, 0) is 4.74 Å². The highest BCUT2D eigenvalue weighted by Crippen LogP contribution is 2.33. The van der Waals surface area contributed by atoms with Crippen molar-refractivity contribution < 1.29 is 9.53 Å². The molecular formula is C21H21Cl2N3O2S. The molecule has 8 heteroatoms. The largest absolute Gasteiger partial charge is 0.379 e. The van der Waals surface area contributed by atoms with Crippen molar-refractivity contribution in [3.8, 4) is 0 Å². The number of hydrogen-bond acceptors (Lipinski definition) is 5. The van der Waals surface area contributed by atoms with Gasteiger partial charge in [-0.05, 0) is 42.8 Å². The van der Waals surface area contributed by atoms with Crippen LogP contribution < -0.4 is 4.90 Å². The first-order valence-corrected chi connectivity index (χ1v) is 11.0. The van der Waals surface area contributed by atoms with Gasteiger partial charge in [0.2, 0.25) is 0 Å². The molecule has 4 rings (SSSR count). The molecule has 1 fully saturated rings. The maximum absolute atomic E-state index is 13.4. The number of benzene rings is 2. The van der Waals surface area contributed by atoms with Gasteiger partial charge in [-0.25, -0.2) is 4.98 Å². The summed E-state index contributed by atoms with van der Waals surface area (Å²) in [4.78, 5) is 22.2. The molecule has 0 bridgehead atoms. The summed E-state index contributed by atoms with van der Waals surface area (Å²) in [6.07, 6.45) is 0. The third kappa shape index (κ3) is 4.73. The van der Waals surface area contributed by atoms with E-state index in [1.807, 2.05) is 19.1 Å². The van der Waals surface area contributed by atoms with Crippen LogP contribution in [0.4, 0.5) is 5.13 Å². The molecule has 0 saturated carbocycles. The number of nitrogens with zero attached hydrogens (tertiary/aromatic N) is 3. The van der Waals surface area contributed by atoms with Gasteiger partial charge in [-0.2, -0.15) is 0 Å². The maximum Gasteiger partial charge on any atom is 0.260 e. The molecule has 5 nitrogen and oxygen atoms in total. The zero-order valence-electron chi connectivity index (χ0n) is 16.0. The van der Waals surface area contributed by atoms with E-state index in [9.17, 15) is 4.79 Å². The van der Waals surface area contributed by atoms with Gasteiger partial charge >= 0.3 is 0 Å². The van der Waals surface area contributed by atoms with Gasteiger partial charge in [-0.3, -0.25) is 14.6 Å². The van der Waals surface area contributed by atoms with Crippen molar-refractivity contribution in [1.29, 1.82) is 0 Å². The van der Waals surface area contributed by atoms with Crippen molar-refractivity contribution in [1.82, 2.24) is 9.88 Å². The Morgan fingerprint density at radius 3 is 2.76 bits per heavy atom. The van der Waals surface area contributed by atoms with Gasteiger partial charge in [-0.1, -0.05) is 40.6 Å². The summed E-state index contributed by atoms with van der Waals surface area (Å²) in [5.74, 6) is -0.108. The molecule has 29 heavy (non-hydrogen) atoms. The molecule has 0 spiro atoms. The van der Waals surface area contributed by atoms with Crippen molar-refractivity contribution >= 4 is 55.8 Å². The van der Waals surface area contributed by atoms with E-state index in [4.69, 9.17) is 32.9 Å². The van der Waals surface area contributed by atoms with E-state index >= 15 is 0 Å². The van der Waals surface area contributed by atoms with Gasteiger partial charge in [0.1, 0.15) is 0 Å². The SMILES string of the molecule is Cc1cc(Cl)cc2sc(N(CCN3CCOCC3)C(=O)c3cccc(Cl)c3)nc12. The molecule has 0 unspecified atom stereocenters. The second-order valence-corrected chi connectivity index (χ2v) is 8.87. The van der Waals surface area contributed by atoms with Crippen LogP contribution in [0.5, 0.6) is 0 Å². The van der Waals surface area contributed by atoms with Gasteiger partial charge in [0.25, 0.3) is 5.91 Å². The molecule has 2 aromatic carbocycles. The van der Waals surface area contributed by atoms with Crippen LogP contribution in [0.25, 0.3) is 10.2 Å². The average Bonchev–Trinajstić information content (AvgIpc) is 3.13. The number of halogens is 2. The molecule has 1 aliphatic heterocycles. The summed E-state index contributed by atoms with van der Waals surface area (Å²) >= 11 is 13.8. The monoisotopic (exact) mass is 449 g/mol. The van der Waals surface area contributed by atoms with Crippen LogP contribution in [0, 0.1) is 6.92 Å². The number of rotatable bonds is 5. The van der Waals surface area contributed by atoms with Crippen LogP contribution in [0.15, 0.2) is 36.4 Å². The molecule has 152 valence electrons. The number of hydrogen-bond donors (Lipinski definition) is 0. The highest BCUT2D eigenvalue weighted by Gasteiger charge is 2.23. The molecular weight excluding hydrogens is 429 g/mol. The predicted octanol–water partition coefficient (Wildman–Crippen LogP) is 4.89. The molecule has 1 saturated heterocycles. The molecule has 0 atom stereocenters. The lowest BCUT2D eigenvalue weighted by atomic mass is 10.2. The van der Waals surface area contributed by atoms with E-state index in [0.717, 1.165) is 48.6 Å². The minimum Gasteiger partial charge on any atom is -0.379 e. The first-order valence-electron chi connectivity index (χ1n) is 9.45. The van der Waals surface area contributed by atoms with Crippen molar-refractivity contribution in [3.05, 3.63) is 57.6 Å². The Bertz CT molecular complexity index is 1030. The number of fused-ring (bicyclic) bond motifs is 1. The van der Waals surface area contributed by atoms with Crippen molar-refractivity contribution in [2.75, 3.05) is 44.3 Å². The number of amides is 1. The molecule has 2 heterocycles. The summed E-state index contributed by atoms with van der Waals surface area (Å²) < 4.78 is 6.40. The van der Waals surface area contributed by atoms with Crippen LogP contribution in [0.1, 0.15) is 15.9 Å². The Morgan fingerprint density at radius 2 is 2.00 bits per heavy atom. The highest BCUT2D eigenvalue weighted by molar-refractivity contribution is 7.22. The van der Waals surface area contributed by atoms with Gasteiger partial charge < -0.3 is 4.74 Å². The Balaban J connectivity index is 1.67. The average molecular weight is 450 g/mol. The summed E-state index contributed by atoms with van der Waals surface area (Å²) in [5, 5.41) is 1.88. The summed E-state index contributed by atoms with van der Waals surface area (Å²) in [5.41, 5.74) is 2.43. The fraction of sp³-hybridized carbons (Fsp3) is 0.333. The Labute approximate surface area is 183 Å². The fourth-order valence-corrected chi connectivity index (χ4v) is 5.02. The van der Waals surface area contributed by atoms with Gasteiger partial charge in [0.05, 0.1) is 23.4 Å². The summed E-state index contributed by atoms with van der Waals surface area (Å²) in [7, 11) is 0. The summed E-state index contributed by atoms with van der Waals surface area (Å²) in [6, 6.07) is 10.8. The smallest absolute Gasteiger partial charge is 0.260 e. The van der Waals surface area contributed by atoms with E-state index in [1.54, 1.807) is 29.2 Å². The van der Waals surface area contributed by atoms with Crippen molar-refractivity contribution in [3.63, 3.8) is 0 Å². The third-order valence-electron chi connectivity index (χ3n) is 4.93. The maximum atomic E-state index is 13.4.